The van der Waals surface area contributed by atoms with Crippen molar-refractivity contribution >= 4 is 11.6 Å². The lowest BCUT2D eigenvalue weighted by atomic mass is 10.0. The van der Waals surface area contributed by atoms with Crippen molar-refractivity contribution in [1.82, 2.24) is 10.2 Å². The Morgan fingerprint density at radius 3 is 2.68 bits per heavy atom. The SMILES string of the molecule is CCN(C(=O)c1cccc(C)c1[N+](=O)[O-])C1CNC1. The third-order valence-corrected chi connectivity index (χ3v) is 3.45. The average Bonchev–Trinajstić information content (AvgIpc) is 2.31. The number of para-hydroxylation sites is 1. The third kappa shape index (κ3) is 2.44. The van der Waals surface area contributed by atoms with Gasteiger partial charge in [0.15, 0.2) is 0 Å². The molecular formula is C13H17N3O3. The number of nitro benzene ring substituents is 1. The van der Waals surface area contributed by atoms with Crippen molar-refractivity contribution in [3.8, 4) is 0 Å². The maximum absolute atomic E-state index is 12.5. The first kappa shape index (κ1) is 13.5. The molecule has 1 heterocycles. The molecule has 1 aromatic carbocycles. The van der Waals surface area contributed by atoms with E-state index in [4.69, 9.17) is 0 Å². The quantitative estimate of drug-likeness (QED) is 0.657. The van der Waals surface area contributed by atoms with E-state index >= 15 is 0 Å². The molecule has 2 rings (SSSR count). The summed E-state index contributed by atoms with van der Waals surface area (Å²) in [5, 5.41) is 14.2. The molecule has 1 fully saturated rings. The number of likely N-dealkylation sites (N-methyl/N-ethyl adjacent to an activating group) is 1. The summed E-state index contributed by atoms with van der Waals surface area (Å²) in [6.07, 6.45) is 0. The Balaban J connectivity index is 2.37. The van der Waals surface area contributed by atoms with Crippen molar-refractivity contribution in [2.75, 3.05) is 19.6 Å². The molecule has 1 amide bonds. The van der Waals surface area contributed by atoms with Crippen molar-refractivity contribution in [3.63, 3.8) is 0 Å². The largest absolute Gasteiger partial charge is 0.333 e. The average molecular weight is 263 g/mol. The molecule has 102 valence electrons. The van der Waals surface area contributed by atoms with Crippen molar-refractivity contribution in [3.05, 3.63) is 39.4 Å². The van der Waals surface area contributed by atoms with E-state index in [0.29, 0.717) is 12.1 Å². The van der Waals surface area contributed by atoms with E-state index < -0.39 is 4.92 Å². The van der Waals surface area contributed by atoms with E-state index in [1.54, 1.807) is 24.0 Å². The molecule has 0 unspecified atom stereocenters. The van der Waals surface area contributed by atoms with Gasteiger partial charge >= 0.3 is 0 Å². The molecule has 1 aliphatic rings. The number of nitro groups is 1. The summed E-state index contributed by atoms with van der Waals surface area (Å²) < 4.78 is 0. The molecule has 0 saturated carbocycles. The van der Waals surface area contributed by atoms with Gasteiger partial charge in [-0.2, -0.15) is 0 Å². The molecule has 0 aliphatic carbocycles. The Morgan fingerprint density at radius 2 is 2.21 bits per heavy atom. The highest BCUT2D eigenvalue weighted by molar-refractivity contribution is 5.99. The Labute approximate surface area is 111 Å². The third-order valence-electron chi connectivity index (χ3n) is 3.45. The number of rotatable bonds is 4. The molecule has 0 bridgehead atoms. The van der Waals surface area contributed by atoms with Crippen molar-refractivity contribution in [1.29, 1.82) is 0 Å². The summed E-state index contributed by atoms with van der Waals surface area (Å²) in [5.74, 6) is -0.260. The molecule has 19 heavy (non-hydrogen) atoms. The number of carbonyl (C=O) groups excluding carboxylic acids is 1. The molecule has 0 atom stereocenters. The summed E-state index contributed by atoms with van der Waals surface area (Å²) in [4.78, 5) is 24.8. The topological polar surface area (TPSA) is 75.5 Å². The fraction of sp³-hybridized carbons (Fsp3) is 0.462. The predicted octanol–water partition coefficient (Wildman–Crippen LogP) is 1.34. The minimum atomic E-state index is -0.477. The fourth-order valence-electron chi connectivity index (χ4n) is 2.29. The van der Waals surface area contributed by atoms with Crippen LogP contribution in [0, 0.1) is 17.0 Å². The Morgan fingerprint density at radius 1 is 1.53 bits per heavy atom. The second kappa shape index (κ2) is 5.36. The zero-order valence-corrected chi connectivity index (χ0v) is 11.0. The normalized spacial score (nSPS) is 14.8. The van der Waals surface area contributed by atoms with Crippen molar-refractivity contribution in [2.45, 2.75) is 19.9 Å². The predicted molar refractivity (Wildman–Crippen MR) is 71.2 cm³/mol. The second-order valence-corrected chi connectivity index (χ2v) is 4.63. The van der Waals surface area contributed by atoms with Gasteiger partial charge in [0.2, 0.25) is 0 Å². The van der Waals surface area contributed by atoms with Gasteiger partial charge in [0, 0.05) is 25.2 Å². The maximum Gasteiger partial charge on any atom is 0.285 e. The Kier molecular flexibility index (Phi) is 3.80. The molecule has 0 aromatic heterocycles. The second-order valence-electron chi connectivity index (χ2n) is 4.63. The van der Waals surface area contributed by atoms with E-state index in [0.717, 1.165) is 13.1 Å². The van der Waals surface area contributed by atoms with Crippen molar-refractivity contribution in [2.24, 2.45) is 0 Å². The van der Waals surface area contributed by atoms with E-state index in [2.05, 4.69) is 5.32 Å². The van der Waals surface area contributed by atoms with Gasteiger partial charge in [-0.3, -0.25) is 14.9 Å². The zero-order valence-electron chi connectivity index (χ0n) is 11.0. The fourth-order valence-corrected chi connectivity index (χ4v) is 2.29. The number of aryl methyl sites for hydroxylation is 1. The van der Waals surface area contributed by atoms with Crippen LogP contribution in [0.25, 0.3) is 0 Å². The van der Waals surface area contributed by atoms with Gasteiger partial charge in [-0.15, -0.1) is 0 Å². The van der Waals surface area contributed by atoms with E-state index in [1.807, 2.05) is 6.92 Å². The summed E-state index contributed by atoms with van der Waals surface area (Å²) in [5.41, 5.74) is 0.607. The van der Waals surface area contributed by atoms with Crippen LogP contribution in [-0.2, 0) is 0 Å². The number of hydrogen-bond acceptors (Lipinski definition) is 4. The molecule has 1 aliphatic heterocycles. The summed E-state index contributed by atoms with van der Waals surface area (Å²) in [6, 6.07) is 5.00. The van der Waals surface area contributed by atoms with Gasteiger partial charge in [-0.05, 0) is 19.9 Å². The van der Waals surface area contributed by atoms with Crippen LogP contribution in [0.1, 0.15) is 22.8 Å². The van der Waals surface area contributed by atoms with Crippen LogP contribution in [0.15, 0.2) is 18.2 Å². The highest BCUT2D eigenvalue weighted by Gasteiger charge is 2.32. The minimum Gasteiger partial charge on any atom is -0.333 e. The molecule has 6 nitrogen and oxygen atoms in total. The van der Waals surface area contributed by atoms with Crippen molar-refractivity contribution < 1.29 is 9.72 Å². The van der Waals surface area contributed by atoms with Gasteiger partial charge in [-0.25, -0.2) is 0 Å². The first-order valence-corrected chi connectivity index (χ1v) is 6.32. The van der Waals surface area contributed by atoms with E-state index in [1.165, 1.54) is 6.07 Å². The summed E-state index contributed by atoms with van der Waals surface area (Å²) >= 11 is 0. The van der Waals surface area contributed by atoms with E-state index in [9.17, 15) is 14.9 Å². The molecule has 1 saturated heterocycles. The summed E-state index contributed by atoms with van der Waals surface area (Å²) in [7, 11) is 0. The highest BCUT2D eigenvalue weighted by Crippen LogP contribution is 2.25. The molecular weight excluding hydrogens is 246 g/mol. The lowest BCUT2D eigenvalue weighted by Crippen LogP contribution is -2.58. The Hall–Kier alpha value is -1.95. The van der Waals surface area contributed by atoms with Crippen LogP contribution in [0.2, 0.25) is 0 Å². The summed E-state index contributed by atoms with van der Waals surface area (Å²) in [6.45, 7) is 5.59. The number of amides is 1. The van der Waals surface area contributed by atoms with Crippen LogP contribution in [-0.4, -0.2) is 41.4 Å². The van der Waals surface area contributed by atoms with Gasteiger partial charge in [0.05, 0.1) is 11.0 Å². The molecule has 1 aromatic rings. The lowest BCUT2D eigenvalue weighted by Gasteiger charge is -2.37. The van der Waals surface area contributed by atoms with Crippen LogP contribution in [0.4, 0.5) is 5.69 Å². The van der Waals surface area contributed by atoms with Crippen LogP contribution >= 0.6 is 0 Å². The molecule has 1 N–H and O–H groups in total. The van der Waals surface area contributed by atoms with Crippen LogP contribution < -0.4 is 5.32 Å². The zero-order chi connectivity index (χ0) is 14.0. The first-order chi connectivity index (χ1) is 9.06. The van der Waals surface area contributed by atoms with Crippen LogP contribution in [0.5, 0.6) is 0 Å². The van der Waals surface area contributed by atoms with Gasteiger partial charge in [0.25, 0.3) is 11.6 Å². The lowest BCUT2D eigenvalue weighted by molar-refractivity contribution is -0.385. The standard InChI is InChI=1S/C13H17N3O3/c1-3-15(10-7-14-8-10)13(17)11-6-4-5-9(2)12(11)16(18)19/h4-6,10,14H,3,7-8H2,1-2H3. The molecule has 6 heteroatoms. The van der Waals surface area contributed by atoms with Crippen LogP contribution in [0.3, 0.4) is 0 Å². The highest BCUT2D eigenvalue weighted by atomic mass is 16.6. The minimum absolute atomic E-state index is 0.0850. The van der Waals surface area contributed by atoms with E-state index in [-0.39, 0.29) is 23.2 Å². The van der Waals surface area contributed by atoms with Gasteiger partial charge in [0.1, 0.15) is 5.56 Å². The first-order valence-electron chi connectivity index (χ1n) is 6.32. The Bertz CT molecular complexity index is 512. The number of carbonyl (C=O) groups is 1. The van der Waals surface area contributed by atoms with Gasteiger partial charge in [-0.1, -0.05) is 12.1 Å². The monoisotopic (exact) mass is 263 g/mol. The molecule has 0 spiro atoms. The number of nitrogens with zero attached hydrogens (tertiary/aromatic N) is 2. The number of hydrogen-bond donors (Lipinski definition) is 1. The maximum atomic E-state index is 12.5. The van der Waals surface area contributed by atoms with Gasteiger partial charge < -0.3 is 10.2 Å². The smallest absolute Gasteiger partial charge is 0.285 e. The number of nitrogens with one attached hydrogen (secondary N) is 1. The number of benzene rings is 1. The molecule has 0 radical (unpaired) electrons.